The van der Waals surface area contributed by atoms with Gasteiger partial charge in [0, 0.05) is 12.3 Å². The second kappa shape index (κ2) is 7.23. The average Bonchev–Trinajstić information content (AvgIpc) is 3.24. The van der Waals surface area contributed by atoms with Gasteiger partial charge in [0.15, 0.2) is 11.5 Å². The quantitative estimate of drug-likeness (QED) is 0.558. The van der Waals surface area contributed by atoms with Crippen molar-refractivity contribution in [3.63, 3.8) is 0 Å². The van der Waals surface area contributed by atoms with Gasteiger partial charge in [-0.15, -0.1) is 0 Å². The van der Waals surface area contributed by atoms with E-state index in [-0.39, 0.29) is 5.69 Å². The van der Waals surface area contributed by atoms with E-state index in [1.165, 1.54) is 6.21 Å². The van der Waals surface area contributed by atoms with E-state index in [1.807, 2.05) is 55.5 Å². The summed E-state index contributed by atoms with van der Waals surface area (Å²) in [6.07, 6.45) is 5.15. The molecule has 0 aliphatic rings. The monoisotopic (exact) mass is 320 g/mol. The highest BCUT2D eigenvalue weighted by Gasteiger charge is 2.12. The number of H-pyrrole nitrogens is 1. The van der Waals surface area contributed by atoms with Crippen LogP contribution in [-0.4, -0.2) is 22.3 Å². The smallest absolute Gasteiger partial charge is 0.291 e. The zero-order valence-electron chi connectivity index (χ0n) is 13.1. The van der Waals surface area contributed by atoms with Gasteiger partial charge in [-0.05, 0) is 30.7 Å². The maximum atomic E-state index is 12.0. The molecule has 3 aromatic rings. The van der Waals surface area contributed by atoms with Gasteiger partial charge in [0.25, 0.3) is 5.91 Å². The third-order valence-electron chi connectivity index (χ3n) is 3.23. The van der Waals surface area contributed by atoms with E-state index in [9.17, 15) is 4.79 Å². The van der Waals surface area contributed by atoms with Crippen molar-refractivity contribution in [2.24, 2.45) is 5.10 Å². The first kappa shape index (κ1) is 15.5. The number of rotatable bonds is 5. The van der Waals surface area contributed by atoms with Crippen LogP contribution in [0.25, 0.3) is 17.5 Å². The number of aryl methyl sites for hydroxylation is 1. The molecule has 1 amide bonds. The highest BCUT2D eigenvalue weighted by atomic mass is 16.3. The zero-order valence-corrected chi connectivity index (χ0v) is 13.1. The standard InChI is InChI=1S/C18H16N4O2/c1-13-9-10-17(24-13)15-12-16(21-20-15)18(23)22-19-11-5-8-14-6-3-2-4-7-14/h2-12H,1H3,(H,20,21)(H,22,23)/b8-5+,19-11-. The largest absolute Gasteiger partial charge is 0.460 e. The molecule has 2 aromatic heterocycles. The molecule has 6 nitrogen and oxygen atoms in total. The first-order valence-electron chi connectivity index (χ1n) is 7.40. The van der Waals surface area contributed by atoms with Crippen molar-refractivity contribution in [1.29, 1.82) is 0 Å². The van der Waals surface area contributed by atoms with E-state index in [4.69, 9.17) is 4.42 Å². The highest BCUT2D eigenvalue weighted by molar-refractivity contribution is 5.93. The van der Waals surface area contributed by atoms with E-state index < -0.39 is 5.91 Å². The van der Waals surface area contributed by atoms with Gasteiger partial charge in [0.2, 0.25) is 0 Å². The summed E-state index contributed by atoms with van der Waals surface area (Å²) >= 11 is 0. The second-order valence-electron chi connectivity index (χ2n) is 5.07. The molecular weight excluding hydrogens is 304 g/mol. The maximum absolute atomic E-state index is 12.0. The van der Waals surface area contributed by atoms with Crippen LogP contribution in [-0.2, 0) is 0 Å². The van der Waals surface area contributed by atoms with Crippen LogP contribution in [0.3, 0.4) is 0 Å². The molecule has 24 heavy (non-hydrogen) atoms. The van der Waals surface area contributed by atoms with Gasteiger partial charge >= 0.3 is 0 Å². The lowest BCUT2D eigenvalue weighted by atomic mass is 10.2. The number of carbonyl (C=O) groups excluding carboxylic acids is 1. The molecule has 2 heterocycles. The molecule has 3 rings (SSSR count). The SMILES string of the molecule is Cc1ccc(-c2cc(C(=O)N/N=C\C=C\c3ccccc3)n[nH]2)o1. The number of hydrogen-bond donors (Lipinski definition) is 2. The summed E-state index contributed by atoms with van der Waals surface area (Å²) in [6, 6.07) is 15.1. The number of hydrogen-bond acceptors (Lipinski definition) is 4. The fourth-order valence-corrected chi connectivity index (χ4v) is 2.06. The predicted molar refractivity (Wildman–Crippen MR) is 92.5 cm³/mol. The number of aromatic amines is 1. The van der Waals surface area contributed by atoms with Gasteiger partial charge in [0.05, 0.1) is 0 Å². The van der Waals surface area contributed by atoms with Crippen LogP contribution in [0.1, 0.15) is 21.8 Å². The minimum atomic E-state index is -0.398. The Morgan fingerprint density at radius 1 is 1.25 bits per heavy atom. The minimum absolute atomic E-state index is 0.239. The summed E-state index contributed by atoms with van der Waals surface area (Å²) in [4.78, 5) is 12.0. The number of nitrogens with one attached hydrogen (secondary N) is 2. The van der Waals surface area contributed by atoms with Gasteiger partial charge in [-0.1, -0.05) is 36.4 Å². The molecule has 0 saturated heterocycles. The van der Waals surface area contributed by atoms with Gasteiger partial charge in [-0.25, -0.2) is 5.43 Å². The highest BCUT2D eigenvalue weighted by Crippen LogP contribution is 2.20. The summed E-state index contributed by atoms with van der Waals surface area (Å²) in [5, 5.41) is 10.6. The fourth-order valence-electron chi connectivity index (χ4n) is 2.06. The van der Waals surface area contributed by atoms with E-state index in [0.717, 1.165) is 11.3 Å². The van der Waals surface area contributed by atoms with E-state index in [1.54, 1.807) is 12.1 Å². The number of benzene rings is 1. The van der Waals surface area contributed by atoms with Crippen LogP contribution in [0.5, 0.6) is 0 Å². The summed E-state index contributed by atoms with van der Waals surface area (Å²) in [5.41, 5.74) is 4.36. The third-order valence-corrected chi connectivity index (χ3v) is 3.23. The molecule has 120 valence electrons. The lowest BCUT2D eigenvalue weighted by molar-refractivity contribution is 0.0950. The number of carbonyl (C=O) groups is 1. The Labute approximate surface area is 138 Å². The second-order valence-corrected chi connectivity index (χ2v) is 5.07. The topological polar surface area (TPSA) is 83.3 Å². The average molecular weight is 320 g/mol. The molecule has 0 saturated carbocycles. The van der Waals surface area contributed by atoms with Crippen molar-refractivity contribution in [1.82, 2.24) is 15.6 Å². The number of allylic oxidation sites excluding steroid dienone is 1. The molecule has 0 fully saturated rings. The number of amides is 1. The lowest BCUT2D eigenvalue weighted by Crippen LogP contribution is -2.17. The molecule has 0 spiro atoms. The molecule has 0 bridgehead atoms. The first-order chi connectivity index (χ1) is 11.7. The molecule has 0 atom stereocenters. The van der Waals surface area contributed by atoms with E-state index >= 15 is 0 Å². The van der Waals surface area contributed by atoms with Crippen molar-refractivity contribution < 1.29 is 9.21 Å². The Hall–Kier alpha value is -3.41. The molecule has 1 aromatic carbocycles. The molecule has 0 aliphatic heterocycles. The Balaban J connectivity index is 1.56. The number of hydrazone groups is 1. The van der Waals surface area contributed by atoms with Crippen LogP contribution >= 0.6 is 0 Å². The van der Waals surface area contributed by atoms with Gasteiger partial charge in [0.1, 0.15) is 11.5 Å². The van der Waals surface area contributed by atoms with Crippen molar-refractivity contribution in [3.05, 3.63) is 71.6 Å². The third kappa shape index (κ3) is 3.86. The molecule has 6 heteroatoms. The van der Waals surface area contributed by atoms with Crippen LogP contribution in [0.2, 0.25) is 0 Å². The summed E-state index contributed by atoms with van der Waals surface area (Å²) in [5.74, 6) is 1.03. The lowest BCUT2D eigenvalue weighted by Gasteiger charge is -1.93. The number of furan rings is 1. The zero-order chi connectivity index (χ0) is 16.8. The van der Waals surface area contributed by atoms with Crippen molar-refractivity contribution in [2.45, 2.75) is 6.92 Å². The van der Waals surface area contributed by atoms with Crippen LogP contribution in [0.4, 0.5) is 0 Å². The van der Waals surface area contributed by atoms with E-state index in [2.05, 4.69) is 20.7 Å². The molecule has 2 N–H and O–H groups in total. The Bertz CT molecular complexity index is 875. The maximum Gasteiger partial charge on any atom is 0.291 e. The summed E-state index contributed by atoms with van der Waals surface area (Å²) < 4.78 is 5.48. The molecular formula is C18H16N4O2. The fraction of sp³-hybridized carbons (Fsp3) is 0.0556. The molecule has 0 aliphatic carbocycles. The van der Waals surface area contributed by atoms with Crippen LogP contribution in [0.15, 0.2) is 64.1 Å². The molecule has 0 unspecified atom stereocenters. The Morgan fingerprint density at radius 2 is 2.08 bits per heavy atom. The Kier molecular flexibility index (Phi) is 4.67. The normalized spacial score (nSPS) is 11.4. The number of aromatic nitrogens is 2. The van der Waals surface area contributed by atoms with Crippen molar-refractivity contribution in [2.75, 3.05) is 0 Å². The summed E-state index contributed by atoms with van der Waals surface area (Å²) in [6.45, 7) is 1.85. The van der Waals surface area contributed by atoms with Gasteiger partial charge < -0.3 is 4.42 Å². The number of nitrogens with zero attached hydrogens (tertiary/aromatic N) is 2. The van der Waals surface area contributed by atoms with Gasteiger partial charge in [-0.2, -0.15) is 10.2 Å². The minimum Gasteiger partial charge on any atom is -0.460 e. The first-order valence-corrected chi connectivity index (χ1v) is 7.40. The van der Waals surface area contributed by atoms with Crippen LogP contribution in [0, 0.1) is 6.92 Å². The van der Waals surface area contributed by atoms with Crippen molar-refractivity contribution >= 4 is 18.2 Å². The Morgan fingerprint density at radius 3 is 2.83 bits per heavy atom. The van der Waals surface area contributed by atoms with E-state index in [0.29, 0.717) is 11.5 Å². The van der Waals surface area contributed by atoms with Crippen molar-refractivity contribution in [3.8, 4) is 11.5 Å². The summed E-state index contributed by atoms with van der Waals surface area (Å²) in [7, 11) is 0. The van der Waals surface area contributed by atoms with Gasteiger partial charge in [-0.3, -0.25) is 9.89 Å². The molecule has 0 radical (unpaired) electrons. The predicted octanol–water partition coefficient (Wildman–Crippen LogP) is 3.41. The van der Waals surface area contributed by atoms with Crippen LogP contribution < -0.4 is 5.43 Å².